The summed E-state index contributed by atoms with van der Waals surface area (Å²) in [6, 6.07) is 11.9. The second-order valence-corrected chi connectivity index (χ2v) is 7.22. The van der Waals surface area contributed by atoms with Gasteiger partial charge in [0.05, 0.1) is 12.8 Å². The first-order valence-corrected chi connectivity index (χ1v) is 9.85. The minimum atomic E-state index is -0.244. The number of rotatable bonds is 7. The number of hydrogen-bond acceptors (Lipinski definition) is 4. The van der Waals surface area contributed by atoms with Gasteiger partial charge in [0.15, 0.2) is 4.80 Å². The van der Waals surface area contributed by atoms with E-state index in [0.717, 1.165) is 41.3 Å². The third-order valence-electron chi connectivity index (χ3n) is 4.10. The molecule has 0 spiro atoms. The summed E-state index contributed by atoms with van der Waals surface area (Å²) in [5, 5.41) is 5.82. The van der Waals surface area contributed by atoms with Gasteiger partial charge in [0, 0.05) is 23.0 Å². The maximum absolute atomic E-state index is 13.3. The molecule has 3 rings (SSSR count). The Balaban J connectivity index is 2.08. The zero-order chi connectivity index (χ0) is 19.2. The van der Waals surface area contributed by atoms with E-state index < -0.39 is 0 Å². The molecule has 27 heavy (non-hydrogen) atoms. The Morgan fingerprint density at radius 1 is 1.22 bits per heavy atom. The fourth-order valence-electron chi connectivity index (χ4n) is 2.75. The summed E-state index contributed by atoms with van der Waals surface area (Å²) in [7, 11) is 3.53. The van der Waals surface area contributed by atoms with Crippen LogP contribution in [0.5, 0.6) is 5.75 Å². The topological polar surface area (TPSA) is 38.5 Å². The summed E-state index contributed by atoms with van der Waals surface area (Å²) in [6.07, 6.45) is 0.951. The van der Waals surface area contributed by atoms with Gasteiger partial charge in [0.2, 0.25) is 0 Å². The lowest BCUT2D eigenvalue weighted by Crippen LogP contribution is -2.19. The second kappa shape index (κ2) is 9.17. The van der Waals surface area contributed by atoms with Gasteiger partial charge in [0.1, 0.15) is 17.3 Å². The van der Waals surface area contributed by atoms with Crippen molar-refractivity contribution in [1.82, 2.24) is 9.88 Å². The van der Waals surface area contributed by atoms with Gasteiger partial charge in [-0.1, -0.05) is 11.6 Å². The van der Waals surface area contributed by atoms with E-state index >= 15 is 0 Å². The Morgan fingerprint density at radius 3 is 2.70 bits per heavy atom. The highest BCUT2D eigenvalue weighted by Gasteiger charge is 2.10. The van der Waals surface area contributed by atoms with Crippen LogP contribution in [0, 0.1) is 5.82 Å². The summed E-state index contributed by atoms with van der Waals surface area (Å²) in [4.78, 5) is 5.65. The van der Waals surface area contributed by atoms with E-state index in [9.17, 15) is 4.39 Å². The predicted octanol–water partition coefficient (Wildman–Crippen LogP) is 4.86. The molecule has 2 aromatic carbocycles. The van der Waals surface area contributed by atoms with Crippen LogP contribution in [0.1, 0.15) is 6.42 Å². The maximum atomic E-state index is 13.3. The number of benzene rings is 2. The molecule has 0 bridgehead atoms. The van der Waals surface area contributed by atoms with Gasteiger partial charge in [-0.05, 0) is 62.0 Å². The zero-order valence-electron chi connectivity index (χ0n) is 15.2. The molecule has 0 fully saturated rings. The largest absolute Gasteiger partial charge is 0.494 e. The van der Waals surface area contributed by atoms with Gasteiger partial charge in [-0.15, -0.1) is 11.3 Å². The van der Waals surface area contributed by atoms with Crippen molar-refractivity contribution in [3.05, 3.63) is 63.5 Å². The normalized spacial score (nSPS) is 11.8. The predicted molar refractivity (Wildman–Crippen MR) is 109 cm³/mol. The zero-order valence-corrected chi connectivity index (χ0v) is 16.8. The van der Waals surface area contributed by atoms with Crippen LogP contribution in [0.25, 0.3) is 11.3 Å². The molecule has 4 nitrogen and oxygen atoms in total. The van der Waals surface area contributed by atoms with Crippen molar-refractivity contribution in [1.29, 1.82) is 0 Å². The summed E-state index contributed by atoms with van der Waals surface area (Å²) in [5.41, 5.74) is 2.70. The lowest BCUT2D eigenvalue weighted by molar-refractivity contribution is 0.416. The number of hydrogen-bond donors (Lipinski definition) is 1. The Morgan fingerprint density at radius 2 is 2.00 bits per heavy atom. The van der Waals surface area contributed by atoms with E-state index in [1.807, 2.05) is 18.5 Å². The van der Waals surface area contributed by atoms with Gasteiger partial charge >= 0.3 is 0 Å². The molecule has 0 saturated carbocycles. The molecule has 1 heterocycles. The van der Waals surface area contributed by atoms with Crippen LogP contribution < -0.4 is 14.9 Å². The minimum absolute atomic E-state index is 0.244. The average Bonchev–Trinajstić information content (AvgIpc) is 3.06. The fourth-order valence-corrected chi connectivity index (χ4v) is 3.86. The highest BCUT2D eigenvalue weighted by molar-refractivity contribution is 7.07. The van der Waals surface area contributed by atoms with Crippen LogP contribution in [0.3, 0.4) is 0 Å². The summed E-state index contributed by atoms with van der Waals surface area (Å²) < 4.78 is 20.9. The lowest BCUT2D eigenvalue weighted by Gasteiger charge is -2.10. The molecule has 142 valence electrons. The first-order valence-electron chi connectivity index (χ1n) is 8.59. The van der Waals surface area contributed by atoms with Crippen LogP contribution in [0.4, 0.5) is 10.1 Å². The highest BCUT2D eigenvalue weighted by Crippen LogP contribution is 2.30. The quantitative estimate of drug-likeness (QED) is 0.570. The monoisotopic (exact) mass is 405 g/mol. The van der Waals surface area contributed by atoms with Crippen molar-refractivity contribution >= 4 is 28.6 Å². The third kappa shape index (κ3) is 4.77. The van der Waals surface area contributed by atoms with Crippen molar-refractivity contribution in [3.63, 3.8) is 0 Å². The molecule has 0 atom stereocenters. The van der Waals surface area contributed by atoms with Crippen LogP contribution in [0.15, 0.2) is 52.8 Å². The van der Waals surface area contributed by atoms with Crippen molar-refractivity contribution < 1.29 is 9.13 Å². The van der Waals surface area contributed by atoms with Crippen molar-refractivity contribution in [2.75, 3.05) is 20.7 Å². The molecule has 1 aromatic heterocycles. The Kier molecular flexibility index (Phi) is 6.66. The number of nitrogens with one attached hydrogen (secondary N) is 1. The third-order valence-corrected chi connectivity index (χ3v) is 5.20. The Labute approximate surface area is 166 Å². The van der Waals surface area contributed by atoms with E-state index in [1.165, 1.54) is 12.1 Å². The number of halogens is 2. The van der Waals surface area contributed by atoms with E-state index in [2.05, 4.69) is 9.88 Å². The van der Waals surface area contributed by atoms with E-state index in [0.29, 0.717) is 10.8 Å². The average molecular weight is 406 g/mol. The van der Waals surface area contributed by atoms with Gasteiger partial charge in [-0.25, -0.2) is 9.38 Å². The molecular weight excluding hydrogens is 385 g/mol. The van der Waals surface area contributed by atoms with Crippen molar-refractivity contribution in [3.8, 4) is 17.0 Å². The smallest absolute Gasteiger partial charge is 0.190 e. The molecule has 0 aliphatic rings. The lowest BCUT2D eigenvalue weighted by atomic mass is 10.1. The molecule has 0 aliphatic carbocycles. The highest BCUT2D eigenvalue weighted by atomic mass is 35.5. The Bertz CT molecular complexity index is 966. The van der Waals surface area contributed by atoms with Crippen molar-refractivity contribution in [2.45, 2.75) is 13.0 Å². The molecule has 0 aliphatic heterocycles. The van der Waals surface area contributed by atoms with E-state index in [4.69, 9.17) is 21.3 Å². The van der Waals surface area contributed by atoms with Crippen LogP contribution >= 0.6 is 22.9 Å². The molecule has 0 radical (unpaired) electrons. The van der Waals surface area contributed by atoms with Gasteiger partial charge < -0.3 is 14.6 Å². The first kappa shape index (κ1) is 19.6. The summed E-state index contributed by atoms with van der Waals surface area (Å²) in [5.74, 6) is 0.382. The van der Waals surface area contributed by atoms with Crippen LogP contribution in [0.2, 0.25) is 5.02 Å². The Hall–Kier alpha value is -2.15. The minimum Gasteiger partial charge on any atom is -0.494 e. The van der Waals surface area contributed by atoms with E-state index in [-0.39, 0.29) is 5.82 Å². The van der Waals surface area contributed by atoms with Crippen molar-refractivity contribution in [2.24, 2.45) is 4.99 Å². The molecule has 0 unspecified atom stereocenters. The molecule has 3 aromatic rings. The molecule has 0 saturated heterocycles. The number of aromatic nitrogens is 1. The molecule has 0 amide bonds. The molecule has 7 heteroatoms. The summed E-state index contributed by atoms with van der Waals surface area (Å²) in [6.45, 7) is 1.70. The van der Waals surface area contributed by atoms with E-state index in [1.54, 1.807) is 42.7 Å². The molecular formula is C20H21ClFN3OS. The fraction of sp³-hybridized carbons (Fsp3) is 0.250. The number of ether oxygens (including phenoxy) is 1. The van der Waals surface area contributed by atoms with Gasteiger partial charge in [-0.2, -0.15) is 0 Å². The number of nitrogens with zero attached hydrogens (tertiary/aromatic N) is 2. The van der Waals surface area contributed by atoms with Gasteiger partial charge in [-0.3, -0.25) is 0 Å². The summed E-state index contributed by atoms with van der Waals surface area (Å²) >= 11 is 7.59. The first-order chi connectivity index (χ1) is 13.1. The maximum Gasteiger partial charge on any atom is 0.190 e. The van der Waals surface area contributed by atoms with Gasteiger partial charge in [0.25, 0.3) is 0 Å². The SMILES string of the molecule is CNCCCn1c(-c2ccc(F)cc2)cs/c1=N\c1ccc(Cl)cc1OC. The van der Waals surface area contributed by atoms with Crippen LogP contribution in [-0.2, 0) is 6.54 Å². The second-order valence-electron chi connectivity index (χ2n) is 5.95. The molecule has 1 N–H and O–H groups in total. The standard InChI is InChI=1S/C20H21ClFN3OS/c1-23-10-3-11-25-18(14-4-7-16(22)8-5-14)13-27-20(25)24-17-9-6-15(21)12-19(17)26-2/h4-9,12-13,23H,3,10-11H2,1-2H3/b24-20-. The number of thiazole rings is 1. The number of methoxy groups -OCH3 is 1. The van der Waals surface area contributed by atoms with Crippen LogP contribution in [-0.4, -0.2) is 25.3 Å².